The monoisotopic (exact) mass is 256 g/mol. The summed E-state index contributed by atoms with van der Waals surface area (Å²) in [6.07, 6.45) is 5.34. The van der Waals surface area contributed by atoms with E-state index in [9.17, 15) is 5.11 Å². The third kappa shape index (κ3) is 6.17. The molecule has 0 aromatic heterocycles. The summed E-state index contributed by atoms with van der Waals surface area (Å²) < 4.78 is 0. The van der Waals surface area contributed by atoms with Crippen molar-refractivity contribution in [3.8, 4) is 0 Å². The van der Waals surface area contributed by atoms with Crippen LogP contribution in [0, 0.1) is 11.3 Å². The molecule has 1 fully saturated rings. The minimum atomic E-state index is -0.628. The molecule has 1 rings (SSSR count). The molecule has 1 aliphatic rings. The van der Waals surface area contributed by atoms with Gasteiger partial charge < -0.3 is 15.3 Å². The van der Waals surface area contributed by atoms with Crippen molar-refractivity contribution in [2.24, 2.45) is 11.3 Å². The van der Waals surface area contributed by atoms with Gasteiger partial charge in [0.15, 0.2) is 0 Å². The van der Waals surface area contributed by atoms with Crippen LogP contribution in [0.2, 0.25) is 0 Å². The molecule has 0 spiro atoms. The number of aliphatic hydroxyl groups is 1. The average molecular weight is 256 g/mol. The molecular formula is C15H32N2O. The molecule has 0 aromatic rings. The first-order valence-corrected chi connectivity index (χ1v) is 7.28. The lowest BCUT2D eigenvalue weighted by molar-refractivity contribution is 0.0322. The Balaban J connectivity index is 2.18. The first-order chi connectivity index (χ1) is 8.20. The van der Waals surface area contributed by atoms with Gasteiger partial charge in [-0.3, -0.25) is 0 Å². The predicted octanol–water partition coefficient (Wildman–Crippen LogP) is 2.10. The average Bonchev–Trinajstić information content (AvgIpc) is 2.18. The van der Waals surface area contributed by atoms with Crippen LogP contribution in [-0.4, -0.2) is 49.3 Å². The quantitative estimate of drug-likeness (QED) is 0.764. The molecule has 0 aliphatic heterocycles. The maximum Gasteiger partial charge on any atom is 0.0869 e. The Bertz CT molecular complexity index is 239. The van der Waals surface area contributed by atoms with E-state index in [1.165, 1.54) is 25.7 Å². The fraction of sp³-hybridized carbons (Fsp3) is 1.00. The highest BCUT2D eigenvalue weighted by molar-refractivity contribution is 4.82. The van der Waals surface area contributed by atoms with Crippen LogP contribution in [0.3, 0.4) is 0 Å². The van der Waals surface area contributed by atoms with Gasteiger partial charge in [-0.2, -0.15) is 0 Å². The van der Waals surface area contributed by atoms with E-state index in [1.807, 2.05) is 25.9 Å². The Morgan fingerprint density at radius 1 is 1.28 bits per heavy atom. The molecule has 0 heterocycles. The standard InChI is InChI=1S/C15H32N2O/c1-14(2)8-6-13(7-9-14)10-16-11-15(3,18)12-17(4)5/h13,16,18H,6-12H2,1-5H3. The van der Waals surface area contributed by atoms with Gasteiger partial charge in [0, 0.05) is 13.1 Å². The van der Waals surface area contributed by atoms with Crippen LogP contribution in [0.25, 0.3) is 0 Å². The van der Waals surface area contributed by atoms with E-state index in [1.54, 1.807) is 0 Å². The van der Waals surface area contributed by atoms with Crippen LogP contribution >= 0.6 is 0 Å². The normalized spacial score (nSPS) is 24.2. The minimum absolute atomic E-state index is 0.549. The second kappa shape index (κ2) is 6.36. The van der Waals surface area contributed by atoms with Crippen molar-refractivity contribution < 1.29 is 5.11 Å². The molecule has 18 heavy (non-hydrogen) atoms. The lowest BCUT2D eigenvalue weighted by atomic mass is 9.73. The number of nitrogens with zero attached hydrogens (tertiary/aromatic N) is 1. The fourth-order valence-corrected chi connectivity index (χ4v) is 2.95. The van der Waals surface area contributed by atoms with E-state index in [-0.39, 0.29) is 0 Å². The highest BCUT2D eigenvalue weighted by atomic mass is 16.3. The van der Waals surface area contributed by atoms with Crippen molar-refractivity contribution >= 4 is 0 Å². The summed E-state index contributed by atoms with van der Waals surface area (Å²) in [5.74, 6) is 0.799. The maximum atomic E-state index is 10.2. The molecule has 108 valence electrons. The zero-order valence-corrected chi connectivity index (χ0v) is 12.9. The van der Waals surface area contributed by atoms with Crippen LogP contribution in [0.15, 0.2) is 0 Å². The Morgan fingerprint density at radius 3 is 2.33 bits per heavy atom. The highest BCUT2D eigenvalue weighted by Gasteiger charge is 2.27. The number of likely N-dealkylation sites (N-methyl/N-ethyl adjacent to an activating group) is 1. The summed E-state index contributed by atoms with van der Waals surface area (Å²) in [5.41, 5.74) is -0.0790. The number of nitrogens with one attached hydrogen (secondary N) is 1. The minimum Gasteiger partial charge on any atom is -0.388 e. The first-order valence-electron chi connectivity index (χ1n) is 7.28. The zero-order chi connectivity index (χ0) is 13.8. The molecule has 3 heteroatoms. The van der Waals surface area contributed by atoms with E-state index < -0.39 is 5.60 Å². The molecule has 0 saturated heterocycles. The molecule has 0 aromatic carbocycles. The summed E-state index contributed by atoms with van der Waals surface area (Å²) in [6.45, 7) is 9.10. The van der Waals surface area contributed by atoms with Crippen molar-refractivity contribution in [3.63, 3.8) is 0 Å². The van der Waals surface area contributed by atoms with Gasteiger partial charge in [-0.1, -0.05) is 13.8 Å². The van der Waals surface area contributed by atoms with E-state index >= 15 is 0 Å². The van der Waals surface area contributed by atoms with Crippen LogP contribution in [0.1, 0.15) is 46.5 Å². The Kier molecular flexibility index (Phi) is 5.63. The van der Waals surface area contributed by atoms with Crippen molar-refractivity contribution in [2.45, 2.75) is 52.1 Å². The van der Waals surface area contributed by atoms with Gasteiger partial charge in [-0.25, -0.2) is 0 Å². The third-order valence-corrected chi connectivity index (χ3v) is 4.05. The summed E-state index contributed by atoms with van der Waals surface area (Å²) in [6, 6.07) is 0. The van der Waals surface area contributed by atoms with Crippen LogP contribution in [-0.2, 0) is 0 Å². The lowest BCUT2D eigenvalue weighted by Gasteiger charge is -2.35. The predicted molar refractivity (Wildman–Crippen MR) is 77.8 cm³/mol. The van der Waals surface area contributed by atoms with E-state index in [0.29, 0.717) is 18.5 Å². The summed E-state index contributed by atoms with van der Waals surface area (Å²) in [4.78, 5) is 2.03. The number of hydrogen-bond acceptors (Lipinski definition) is 3. The highest BCUT2D eigenvalue weighted by Crippen LogP contribution is 2.37. The van der Waals surface area contributed by atoms with Crippen molar-refractivity contribution in [1.82, 2.24) is 10.2 Å². The van der Waals surface area contributed by atoms with Gasteiger partial charge in [0.25, 0.3) is 0 Å². The molecule has 1 atom stereocenters. The third-order valence-electron chi connectivity index (χ3n) is 4.05. The first kappa shape index (κ1) is 15.9. The molecule has 1 saturated carbocycles. The smallest absolute Gasteiger partial charge is 0.0869 e. The Hall–Kier alpha value is -0.120. The summed E-state index contributed by atoms with van der Waals surface area (Å²) in [5, 5.41) is 13.6. The summed E-state index contributed by atoms with van der Waals surface area (Å²) in [7, 11) is 4.00. The van der Waals surface area contributed by atoms with E-state index in [0.717, 1.165) is 12.5 Å². The molecular weight excluding hydrogens is 224 g/mol. The van der Waals surface area contributed by atoms with Crippen LogP contribution in [0.5, 0.6) is 0 Å². The van der Waals surface area contributed by atoms with Crippen LogP contribution < -0.4 is 5.32 Å². The Morgan fingerprint density at radius 2 is 1.83 bits per heavy atom. The van der Waals surface area contributed by atoms with E-state index in [4.69, 9.17) is 0 Å². The van der Waals surface area contributed by atoms with Gasteiger partial charge in [-0.05, 0) is 64.6 Å². The fourth-order valence-electron chi connectivity index (χ4n) is 2.95. The van der Waals surface area contributed by atoms with Crippen molar-refractivity contribution in [2.75, 3.05) is 33.7 Å². The lowest BCUT2D eigenvalue weighted by Crippen LogP contribution is -2.46. The zero-order valence-electron chi connectivity index (χ0n) is 12.9. The molecule has 2 N–H and O–H groups in total. The van der Waals surface area contributed by atoms with Crippen molar-refractivity contribution in [1.29, 1.82) is 0 Å². The second-order valence-corrected chi connectivity index (χ2v) is 7.47. The summed E-state index contributed by atoms with van der Waals surface area (Å²) >= 11 is 0. The van der Waals surface area contributed by atoms with Gasteiger partial charge in [0.05, 0.1) is 5.60 Å². The molecule has 3 nitrogen and oxygen atoms in total. The van der Waals surface area contributed by atoms with Gasteiger partial charge in [-0.15, -0.1) is 0 Å². The van der Waals surface area contributed by atoms with Crippen LogP contribution in [0.4, 0.5) is 0 Å². The largest absolute Gasteiger partial charge is 0.388 e. The molecule has 1 aliphatic carbocycles. The molecule has 1 unspecified atom stereocenters. The van der Waals surface area contributed by atoms with Gasteiger partial charge in [0.2, 0.25) is 0 Å². The molecule has 0 radical (unpaired) electrons. The number of rotatable bonds is 6. The van der Waals surface area contributed by atoms with E-state index in [2.05, 4.69) is 19.2 Å². The second-order valence-electron chi connectivity index (χ2n) is 7.47. The number of hydrogen-bond donors (Lipinski definition) is 2. The Labute approximate surface area is 113 Å². The topological polar surface area (TPSA) is 35.5 Å². The molecule has 0 bridgehead atoms. The SMILES string of the molecule is CN(C)CC(C)(O)CNCC1CCC(C)(C)CC1. The van der Waals surface area contributed by atoms with Crippen molar-refractivity contribution in [3.05, 3.63) is 0 Å². The maximum absolute atomic E-state index is 10.2. The van der Waals surface area contributed by atoms with Gasteiger partial charge >= 0.3 is 0 Å². The van der Waals surface area contributed by atoms with Gasteiger partial charge in [0.1, 0.15) is 0 Å². The molecule has 0 amide bonds.